The summed E-state index contributed by atoms with van der Waals surface area (Å²) in [4.78, 5) is 38.5. The van der Waals surface area contributed by atoms with E-state index in [1.807, 2.05) is 0 Å². The summed E-state index contributed by atoms with van der Waals surface area (Å²) in [6, 6.07) is -0.688. The first-order chi connectivity index (χ1) is 7.51. The lowest BCUT2D eigenvalue weighted by atomic mass is 9.98. The quantitative estimate of drug-likeness (QED) is 0.460. The fraction of sp³-hybridized carbons (Fsp3) is 0.667. The van der Waals surface area contributed by atoms with Gasteiger partial charge in [0.2, 0.25) is 0 Å². The van der Waals surface area contributed by atoms with Crippen molar-refractivity contribution in [3.05, 3.63) is 0 Å². The van der Waals surface area contributed by atoms with Gasteiger partial charge in [-0.1, -0.05) is 0 Å². The van der Waals surface area contributed by atoms with E-state index in [4.69, 9.17) is 4.84 Å². The molecular weight excluding hydrogens is 218 g/mol. The molecule has 0 saturated carbocycles. The second-order valence-corrected chi connectivity index (χ2v) is 3.30. The van der Waals surface area contributed by atoms with Crippen molar-refractivity contribution in [1.29, 1.82) is 0 Å². The lowest BCUT2D eigenvalue weighted by Gasteiger charge is -2.17. The Kier molecular flexibility index (Phi) is 3.83. The Hall–Kier alpha value is -1.63. The third-order valence-electron chi connectivity index (χ3n) is 2.40. The maximum absolute atomic E-state index is 11.3. The van der Waals surface area contributed by atoms with Gasteiger partial charge in [-0.2, -0.15) is 0 Å². The van der Waals surface area contributed by atoms with E-state index in [1.54, 1.807) is 0 Å². The van der Waals surface area contributed by atoms with Crippen molar-refractivity contribution in [2.75, 3.05) is 21.3 Å². The summed E-state index contributed by atoms with van der Waals surface area (Å²) in [7, 11) is 3.87. The number of nitrogens with zero attached hydrogens (tertiary/aromatic N) is 1. The van der Waals surface area contributed by atoms with Crippen molar-refractivity contribution in [3.8, 4) is 0 Å². The fourth-order valence-corrected chi connectivity index (χ4v) is 1.51. The van der Waals surface area contributed by atoms with Gasteiger partial charge >= 0.3 is 17.9 Å². The summed E-state index contributed by atoms with van der Waals surface area (Å²) in [5, 5.41) is 1.17. The van der Waals surface area contributed by atoms with Crippen LogP contribution in [0.5, 0.6) is 0 Å². The number of hydrogen-bond donors (Lipinski definition) is 0. The van der Waals surface area contributed by atoms with Crippen LogP contribution in [0.25, 0.3) is 0 Å². The molecule has 7 nitrogen and oxygen atoms in total. The van der Waals surface area contributed by atoms with E-state index in [2.05, 4.69) is 9.47 Å². The third-order valence-corrected chi connectivity index (χ3v) is 2.40. The number of hydrogen-bond acceptors (Lipinski definition) is 7. The van der Waals surface area contributed by atoms with Crippen molar-refractivity contribution >= 4 is 17.9 Å². The standard InChI is InChI=1S/C9H13NO6/c1-10-5(4-6(11)14-2)7(8(12)15-3)9(13)16-10/h5,7H,4H2,1-3H3/t5-,7-/m1/s1. The first-order valence-electron chi connectivity index (χ1n) is 4.60. The van der Waals surface area contributed by atoms with Gasteiger partial charge in [-0.05, 0) is 0 Å². The molecule has 0 aliphatic carbocycles. The van der Waals surface area contributed by atoms with Gasteiger partial charge in [0.1, 0.15) is 0 Å². The van der Waals surface area contributed by atoms with Gasteiger partial charge in [0.05, 0.1) is 26.7 Å². The molecule has 1 saturated heterocycles. The van der Waals surface area contributed by atoms with Crippen molar-refractivity contribution in [3.63, 3.8) is 0 Å². The minimum absolute atomic E-state index is 0.113. The third kappa shape index (κ3) is 2.30. The van der Waals surface area contributed by atoms with Crippen LogP contribution < -0.4 is 0 Å². The molecule has 0 radical (unpaired) electrons. The van der Waals surface area contributed by atoms with Gasteiger partial charge in [0, 0.05) is 7.05 Å². The Morgan fingerprint density at radius 3 is 2.50 bits per heavy atom. The molecule has 0 unspecified atom stereocenters. The molecule has 1 aliphatic rings. The van der Waals surface area contributed by atoms with Crippen molar-refractivity contribution < 1.29 is 28.7 Å². The molecule has 0 bridgehead atoms. The molecule has 16 heavy (non-hydrogen) atoms. The number of carbonyl (C=O) groups excluding carboxylic acids is 3. The first kappa shape index (κ1) is 12.4. The zero-order valence-corrected chi connectivity index (χ0v) is 9.26. The normalized spacial score (nSPS) is 25.1. The van der Waals surface area contributed by atoms with Crippen LogP contribution in [0.2, 0.25) is 0 Å². The molecule has 90 valence electrons. The highest BCUT2D eigenvalue weighted by atomic mass is 16.7. The SMILES string of the molecule is COC(=O)C[C@@H]1[C@H](C(=O)OC)C(=O)ON1C. The van der Waals surface area contributed by atoms with Crippen LogP contribution >= 0.6 is 0 Å². The van der Waals surface area contributed by atoms with Crippen molar-refractivity contribution in [2.45, 2.75) is 12.5 Å². The Morgan fingerprint density at radius 1 is 1.38 bits per heavy atom. The van der Waals surface area contributed by atoms with Crippen molar-refractivity contribution in [1.82, 2.24) is 5.06 Å². The maximum Gasteiger partial charge on any atom is 0.341 e. The summed E-state index contributed by atoms with van der Waals surface area (Å²) >= 11 is 0. The zero-order valence-electron chi connectivity index (χ0n) is 9.26. The average molecular weight is 231 g/mol. The molecule has 0 amide bonds. The first-order valence-corrected chi connectivity index (χ1v) is 4.60. The van der Waals surface area contributed by atoms with Gasteiger partial charge in [0.25, 0.3) is 0 Å². The molecule has 0 N–H and O–H groups in total. The number of methoxy groups -OCH3 is 2. The number of carbonyl (C=O) groups is 3. The summed E-state index contributed by atoms with van der Waals surface area (Å²) in [6.45, 7) is 0. The molecule has 2 atom stereocenters. The summed E-state index contributed by atoms with van der Waals surface area (Å²) in [5.74, 6) is -3.07. The summed E-state index contributed by atoms with van der Waals surface area (Å²) in [6.07, 6.45) is -0.113. The van der Waals surface area contributed by atoms with Crippen LogP contribution in [0, 0.1) is 5.92 Å². The predicted octanol–water partition coefficient (Wildman–Crippen LogP) is -0.889. The smallest absolute Gasteiger partial charge is 0.341 e. The van der Waals surface area contributed by atoms with E-state index < -0.39 is 29.9 Å². The number of hydroxylamine groups is 2. The van der Waals surface area contributed by atoms with Crippen molar-refractivity contribution in [2.24, 2.45) is 5.92 Å². The Bertz CT molecular complexity index is 307. The molecule has 0 spiro atoms. The molecular formula is C9H13NO6. The molecule has 1 heterocycles. The van der Waals surface area contributed by atoms with Gasteiger partial charge in [-0.15, -0.1) is 5.06 Å². The number of esters is 2. The van der Waals surface area contributed by atoms with Crippen LogP contribution in [0.15, 0.2) is 0 Å². The lowest BCUT2D eigenvalue weighted by Crippen LogP contribution is -2.36. The topological polar surface area (TPSA) is 82.1 Å². The second kappa shape index (κ2) is 4.93. The minimum Gasteiger partial charge on any atom is -0.469 e. The van der Waals surface area contributed by atoms with Crippen LogP contribution in [0.4, 0.5) is 0 Å². The van der Waals surface area contributed by atoms with Gasteiger partial charge < -0.3 is 14.3 Å². The van der Waals surface area contributed by atoms with Gasteiger partial charge in [0.15, 0.2) is 5.92 Å². The monoisotopic (exact) mass is 231 g/mol. The largest absolute Gasteiger partial charge is 0.469 e. The predicted molar refractivity (Wildman–Crippen MR) is 49.8 cm³/mol. The minimum atomic E-state index is -1.10. The van der Waals surface area contributed by atoms with E-state index in [0.717, 1.165) is 0 Å². The van der Waals surface area contributed by atoms with E-state index >= 15 is 0 Å². The van der Waals surface area contributed by atoms with E-state index in [0.29, 0.717) is 0 Å². The van der Waals surface area contributed by atoms with Crippen LogP contribution in [0.1, 0.15) is 6.42 Å². The van der Waals surface area contributed by atoms with E-state index in [9.17, 15) is 14.4 Å². The van der Waals surface area contributed by atoms with E-state index in [1.165, 1.54) is 26.3 Å². The van der Waals surface area contributed by atoms with Gasteiger partial charge in [-0.25, -0.2) is 4.79 Å². The zero-order chi connectivity index (χ0) is 12.3. The molecule has 1 rings (SSSR count). The van der Waals surface area contributed by atoms with Crippen LogP contribution in [-0.4, -0.2) is 50.3 Å². The second-order valence-electron chi connectivity index (χ2n) is 3.30. The molecule has 7 heteroatoms. The molecule has 1 fully saturated rings. The Morgan fingerprint density at radius 2 is 2.00 bits per heavy atom. The Labute approximate surface area is 92.2 Å². The molecule has 0 aromatic rings. The maximum atomic E-state index is 11.3. The Balaban J connectivity index is 2.81. The fourth-order valence-electron chi connectivity index (χ4n) is 1.51. The molecule has 1 aliphatic heterocycles. The highest BCUT2D eigenvalue weighted by Gasteiger charge is 2.48. The van der Waals surface area contributed by atoms with Gasteiger partial charge in [-0.3, -0.25) is 9.59 Å². The molecule has 0 aromatic carbocycles. The lowest BCUT2D eigenvalue weighted by molar-refractivity contribution is -0.171. The van der Waals surface area contributed by atoms with Crippen LogP contribution in [0.3, 0.4) is 0 Å². The summed E-state index contributed by atoms with van der Waals surface area (Å²) < 4.78 is 8.95. The highest BCUT2D eigenvalue weighted by molar-refractivity contribution is 5.97. The van der Waals surface area contributed by atoms with E-state index in [-0.39, 0.29) is 6.42 Å². The summed E-state index contributed by atoms with van der Waals surface area (Å²) in [5.41, 5.74) is 0. The highest BCUT2D eigenvalue weighted by Crippen LogP contribution is 2.25. The van der Waals surface area contributed by atoms with Crippen LogP contribution in [-0.2, 0) is 28.7 Å². The number of ether oxygens (including phenoxy) is 2. The molecule has 0 aromatic heterocycles. The number of rotatable bonds is 3. The average Bonchev–Trinajstić information content (AvgIpc) is 2.53.